The molecule has 0 amide bonds. The van der Waals surface area contributed by atoms with Crippen molar-refractivity contribution in [3.8, 4) is 0 Å². The maximum atomic E-state index is 10.2. The van der Waals surface area contributed by atoms with Gasteiger partial charge in [0.1, 0.15) is 0 Å². The number of allylic oxidation sites excluding steroid dienone is 3. The van der Waals surface area contributed by atoms with Crippen molar-refractivity contribution in [1.29, 1.82) is 0 Å². The largest absolute Gasteiger partial charge is 0.393 e. The monoisotopic (exact) mass is 412 g/mol. The number of aliphatic hydroxyl groups excluding tert-OH is 1. The molecule has 0 bridgehead atoms. The topological polar surface area (TPSA) is 20.2 Å². The van der Waals surface area contributed by atoms with Gasteiger partial charge in [-0.2, -0.15) is 0 Å². The van der Waals surface area contributed by atoms with Crippen molar-refractivity contribution < 1.29 is 5.11 Å². The average molecular weight is 413 g/mol. The molecule has 30 heavy (non-hydrogen) atoms. The Bertz CT molecular complexity index is 674. The molecule has 1 nitrogen and oxygen atoms in total. The molecule has 0 unspecified atom stereocenters. The summed E-state index contributed by atoms with van der Waals surface area (Å²) in [4.78, 5) is 0. The zero-order chi connectivity index (χ0) is 21.7. The molecule has 0 heterocycles. The zero-order valence-corrected chi connectivity index (χ0v) is 20.7. The van der Waals surface area contributed by atoms with Gasteiger partial charge in [-0.25, -0.2) is 0 Å². The lowest BCUT2D eigenvalue weighted by Gasteiger charge is -2.58. The second-order valence-corrected chi connectivity index (χ2v) is 12.4. The predicted molar refractivity (Wildman–Crippen MR) is 128 cm³/mol. The Hall–Kier alpha value is -0.560. The van der Waals surface area contributed by atoms with Crippen LogP contribution in [-0.2, 0) is 0 Å². The quantitative estimate of drug-likeness (QED) is 0.457. The maximum absolute atomic E-state index is 10.2. The van der Waals surface area contributed by atoms with Crippen LogP contribution in [-0.4, -0.2) is 11.2 Å². The van der Waals surface area contributed by atoms with Crippen LogP contribution in [0.1, 0.15) is 99.3 Å². The first-order valence-corrected chi connectivity index (χ1v) is 13.3. The van der Waals surface area contributed by atoms with Gasteiger partial charge in [0.05, 0.1) is 6.10 Å². The molecule has 3 fully saturated rings. The number of aliphatic hydroxyl groups is 1. The molecule has 4 aliphatic rings. The van der Waals surface area contributed by atoms with Crippen molar-refractivity contribution in [3.63, 3.8) is 0 Å². The highest BCUT2D eigenvalue weighted by molar-refractivity contribution is 5.25. The normalized spacial score (nSPS) is 45.6. The van der Waals surface area contributed by atoms with Crippen molar-refractivity contribution in [2.75, 3.05) is 0 Å². The van der Waals surface area contributed by atoms with Crippen LogP contribution in [0.5, 0.6) is 0 Å². The second kappa shape index (κ2) is 8.42. The molecule has 3 saturated carbocycles. The molecule has 4 rings (SSSR count). The van der Waals surface area contributed by atoms with Crippen LogP contribution in [0.15, 0.2) is 23.8 Å². The van der Waals surface area contributed by atoms with Crippen molar-refractivity contribution in [2.24, 2.45) is 52.3 Å². The summed E-state index contributed by atoms with van der Waals surface area (Å²) in [7, 11) is 0. The molecule has 0 aromatic heterocycles. The molecule has 0 radical (unpaired) electrons. The Morgan fingerprint density at radius 2 is 1.80 bits per heavy atom. The van der Waals surface area contributed by atoms with Gasteiger partial charge in [0, 0.05) is 0 Å². The number of hydrogen-bond donors (Lipinski definition) is 1. The van der Waals surface area contributed by atoms with Crippen molar-refractivity contribution in [1.82, 2.24) is 0 Å². The minimum atomic E-state index is -0.0870. The highest BCUT2D eigenvalue weighted by Crippen LogP contribution is 2.67. The molecule has 0 aliphatic heterocycles. The number of fused-ring (bicyclic) bond motifs is 5. The molecule has 4 aliphatic carbocycles. The lowest BCUT2D eigenvalue weighted by Crippen LogP contribution is -2.50. The van der Waals surface area contributed by atoms with Crippen molar-refractivity contribution in [3.05, 3.63) is 23.8 Å². The average Bonchev–Trinajstić information content (AvgIpc) is 3.06. The minimum absolute atomic E-state index is 0.0870. The Morgan fingerprint density at radius 3 is 2.50 bits per heavy atom. The van der Waals surface area contributed by atoms with Crippen LogP contribution in [0, 0.1) is 52.3 Å². The van der Waals surface area contributed by atoms with Crippen LogP contribution >= 0.6 is 0 Å². The molecule has 0 spiro atoms. The predicted octanol–water partition coefficient (Wildman–Crippen LogP) is 7.80. The third-order valence-electron chi connectivity index (χ3n) is 10.8. The summed E-state index contributed by atoms with van der Waals surface area (Å²) in [5, 5.41) is 10.2. The lowest BCUT2D eigenvalue weighted by molar-refractivity contribution is -0.0540. The van der Waals surface area contributed by atoms with Crippen LogP contribution in [0.2, 0.25) is 0 Å². The first-order chi connectivity index (χ1) is 14.2. The molecule has 0 aromatic rings. The van der Waals surface area contributed by atoms with E-state index in [-0.39, 0.29) is 6.10 Å². The Kier molecular flexibility index (Phi) is 6.35. The highest BCUT2D eigenvalue weighted by atomic mass is 16.3. The fraction of sp³-hybridized carbons (Fsp3) is 0.862. The summed E-state index contributed by atoms with van der Waals surface area (Å²) in [6.07, 6.45) is 19.1. The van der Waals surface area contributed by atoms with Gasteiger partial charge in [-0.1, -0.05) is 65.3 Å². The first-order valence-electron chi connectivity index (χ1n) is 13.3. The molecule has 1 N–H and O–H groups in total. The number of hydrogen-bond acceptors (Lipinski definition) is 1. The Labute approximate surface area is 186 Å². The fourth-order valence-electron chi connectivity index (χ4n) is 8.83. The van der Waals surface area contributed by atoms with Gasteiger partial charge in [0.2, 0.25) is 0 Å². The summed E-state index contributed by atoms with van der Waals surface area (Å²) < 4.78 is 0. The summed E-state index contributed by atoms with van der Waals surface area (Å²) in [5.74, 6) is 5.70. The van der Waals surface area contributed by atoms with E-state index in [1.807, 2.05) is 0 Å². The van der Waals surface area contributed by atoms with E-state index in [0.717, 1.165) is 48.3 Å². The summed E-state index contributed by atoms with van der Waals surface area (Å²) in [6.45, 7) is 14.8. The molecule has 0 saturated heterocycles. The van der Waals surface area contributed by atoms with Gasteiger partial charge < -0.3 is 5.11 Å². The van der Waals surface area contributed by atoms with Crippen LogP contribution < -0.4 is 0 Å². The van der Waals surface area contributed by atoms with E-state index in [1.54, 1.807) is 5.57 Å². The third-order valence-corrected chi connectivity index (χ3v) is 10.8. The summed E-state index contributed by atoms with van der Waals surface area (Å²) in [5.41, 5.74) is 2.51. The minimum Gasteiger partial charge on any atom is -0.393 e. The molecule has 170 valence electrons. The van der Waals surface area contributed by atoms with Gasteiger partial charge in [0.25, 0.3) is 0 Å². The third kappa shape index (κ3) is 3.66. The fourth-order valence-corrected chi connectivity index (χ4v) is 8.83. The second-order valence-electron chi connectivity index (χ2n) is 12.4. The summed E-state index contributed by atoms with van der Waals surface area (Å²) >= 11 is 0. The van der Waals surface area contributed by atoms with Crippen molar-refractivity contribution in [2.45, 2.75) is 105 Å². The van der Waals surface area contributed by atoms with Crippen LogP contribution in [0.25, 0.3) is 0 Å². The van der Waals surface area contributed by atoms with E-state index in [4.69, 9.17) is 0 Å². The maximum Gasteiger partial charge on any atom is 0.0577 e. The highest BCUT2D eigenvalue weighted by Gasteiger charge is 2.58. The van der Waals surface area contributed by atoms with E-state index in [9.17, 15) is 5.11 Å². The van der Waals surface area contributed by atoms with E-state index in [2.05, 4.69) is 59.8 Å². The van der Waals surface area contributed by atoms with E-state index in [0.29, 0.717) is 16.7 Å². The van der Waals surface area contributed by atoms with Gasteiger partial charge in [-0.05, 0) is 110 Å². The molecular weight excluding hydrogens is 364 g/mol. The van der Waals surface area contributed by atoms with Crippen molar-refractivity contribution >= 4 is 0 Å². The first kappa shape index (κ1) is 22.6. The van der Waals surface area contributed by atoms with Gasteiger partial charge in [-0.3, -0.25) is 0 Å². The Balaban J connectivity index is 1.52. The van der Waals surface area contributed by atoms with E-state index >= 15 is 0 Å². The van der Waals surface area contributed by atoms with Gasteiger partial charge >= 0.3 is 0 Å². The molecule has 0 aromatic carbocycles. The smallest absolute Gasteiger partial charge is 0.0577 e. The summed E-state index contributed by atoms with van der Waals surface area (Å²) in [6, 6.07) is 0. The number of rotatable bonds is 5. The van der Waals surface area contributed by atoms with E-state index < -0.39 is 0 Å². The van der Waals surface area contributed by atoms with E-state index in [1.165, 1.54) is 44.9 Å². The van der Waals surface area contributed by atoms with Gasteiger partial charge in [-0.15, -0.1) is 0 Å². The SMILES string of the molecule is CC[C@H](/C=C/[C@H](C)[C@H]1CC[C@@H]2[C@@H]3CC=C4C[C@@H](O)CC[C@]4(C)[C@@H]3CC[C@@]21C)C(C)C. The molecule has 9 atom stereocenters. The van der Waals surface area contributed by atoms with Crippen LogP contribution in [0.4, 0.5) is 0 Å². The Morgan fingerprint density at radius 1 is 1.03 bits per heavy atom. The molecular formula is C29H48O. The standard InChI is InChI=1S/C29H48O/c1-7-21(19(2)3)9-8-20(4)25-12-13-26-24-11-10-22-18-23(30)14-16-28(22,5)27(24)15-17-29(25,26)6/h8-10,19-21,23-27,30H,7,11-18H2,1-6H3/b9-8+/t20-,21+,23-,24-,25+,26+,27+,28-,29+/m0/s1. The zero-order valence-electron chi connectivity index (χ0n) is 20.7. The molecule has 1 heteroatoms. The lowest BCUT2D eigenvalue weighted by atomic mass is 9.47. The van der Waals surface area contributed by atoms with Crippen LogP contribution in [0.3, 0.4) is 0 Å². The van der Waals surface area contributed by atoms with Gasteiger partial charge in [0.15, 0.2) is 0 Å².